The van der Waals surface area contributed by atoms with E-state index in [4.69, 9.17) is 20.9 Å². The highest BCUT2D eigenvalue weighted by Gasteiger charge is 2.52. The van der Waals surface area contributed by atoms with Crippen LogP contribution in [0.2, 0.25) is 5.02 Å². The number of halogens is 2. The molecule has 1 aromatic rings. The van der Waals surface area contributed by atoms with E-state index in [1.165, 1.54) is 25.1 Å². The molecular formula is C17H22BClFNO3. The summed E-state index contributed by atoms with van der Waals surface area (Å²) in [4.78, 5) is 11.3. The molecule has 1 aliphatic rings. The number of carbonyl (C=O) groups excluding carboxylic acids is 1. The van der Waals surface area contributed by atoms with Crippen LogP contribution in [0.4, 0.5) is 4.39 Å². The third-order valence-electron chi connectivity index (χ3n) is 4.40. The van der Waals surface area contributed by atoms with Crippen molar-refractivity contribution in [2.24, 2.45) is 0 Å². The number of carbonyl (C=O) groups is 1. The predicted octanol–water partition coefficient (Wildman–Crippen LogP) is 3.63. The van der Waals surface area contributed by atoms with E-state index in [0.717, 1.165) is 0 Å². The number of hydrogen-bond donors (Lipinski definition) is 1. The molecule has 1 fully saturated rings. The van der Waals surface area contributed by atoms with Gasteiger partial charge in [0.1, 0.15) is 5.82 Å². The van der Waals surface area contributed by atoms with Gasteiger partial charge in [-0.3, -0.25) is 4.79 Å². The fraction of sp³-hybridized carbons (Fsp3) is 0.471. The highest BCUT2D eigenvalue weighted by atomic mass is 35.5. The van der Waals surface area contributed by atoms with E-state index < -0.39 is 24.1 Å². The fourth-order valence-electron chi connectivity index (χ4n) is 2.25. The van der Waals surface area contributed by atoms with E-state index in [2.05, 4.69) is 5.32 Å². The Kier molecular flexibility index (Phi) is 5.42. The summed E-state index contributed by atoms with van der Waals surface area (Å²) < 4.78 is 26.1. The molecule has 0 atom stereocenters. The predicted molar refractivity (Wildman–Crippen MR) is 94.2 cm³/mol. The van der Waals surface area contributed by atoms with Crippen LogP contribution >= 0.6 is 11.6 Å². The molecule has 0 bridgehead atoms. The van der Waals surface area contributed by atoms with E-state index in [-0.39, 0.29) is 12.5 Å². The normalized spacial score (nSPS) is 19.5. The zero-order valence-electron chi connectivity index (χ0n) is 14.6. The third kappa shape index (κ3) is 4.18. The maximum Gasteiger partial charge on any atom is 0.492 e. The minimum Gasteiger partial charge on any atom is -0.400 e. The van der Waals surface area contributed by atoms with Crippen LogP contribution in [0.1, 0.15) is 40.2 Å². The van der Waals surface area contributed by atoms with E-state index in [1.807, 2.05) is 27.7 Å². The maximum absolute atomic E-state index is 14.0. The highest BCUT2D eigenvalue weighted by Crippen LogP contribution is 2.38. The van der Waals surface area contributed by atoms with Gasteiger partial charge in [-0.25, -0.2) is 4.39 Å². The molecule has 0 saturated carbocycles. The van der Waals surface area contributed by atoms with Crippen molar-refractivity contribution in [3.05, 3.63) is 40.1 Å². The quantitative estimate of drug-likeness (QED) is 0.841. The molecular weight excluding hydrogens is 331 g/mol. The molecule has 2 rings (SSSR count). The van der Waals surface area contributed by atoms with Crippen LogP contribution in [-0.4, -0.2) is 30.8 Å². The van der Waals surface area contributed by atoms with Crippen LogP contribution in [0, 0.1) is 5.82 Å². The minimum atomic E-state index is -0.680. The Bertz CT molecular complexity index is 660. The highest BCUT2D eigenvalue weighted by molar-refractivity contribution is 6.56. The summed E-state index contributed by atoms with van der Waals surface area (Å²) in [5.41, 5.74) is -0.123. The lowest BCUT2D eigenvalue weighted by Crippen LogP contribution is -2.41. The Balaban J connectivity index is 2.37. The molecule has 0 radical (unpaired) electrons. The van der Waals surface area contributed by atoms with Gasteiger partial charge in [-0.05, 0) is 51.4 Å². The zero-order valence-corrected chi connectivity index (χ0v) is 15.3. The van der Waals surface area contributed by atoms with Gasteiger partial charge in [-0.1, -0.05) is 17.7 Å². The average molecular weight is 354 g/mol. The van der Waals surface area contributed by atoms with E-state index >= 15 is 0 Å². The molecule has 24 heavy (non-hydrogen) atoms. The Morgan fingerprint density at radius 1 is 1.29 bits per heavy atom. The fourth-order valence-corrected chi connectivity index (χ4v) is 2.43. The van der Waals surface area contributed by atoms with Crippen molar-refractivity contribution < 1.29 is 18.5 Å². The van der Waals surface area contributed by atoms with Crippen LogP contribution < -0.4 is 5.32 Å². The van der Waals surface area contributed by atoms with Crippen LogP contribution in [0.15, 0.2) is 23.7 Å². The van der Waals surface area contributed by atoms with E-state index in [0.29, 0.717) is 16.1 Å². The second-order valence-corrected chi connectivity index (χ2v) is 7.32. The molecule has 7 heteroatoms. The van der Waals surface area contributed by atoms with Crippen molar-refractivity contribution in [2.75, 3.05) is 6.54 Å². The second-order valence-electron chi connectivity index (χ2n) is 6.88. The zero-order chi connectivity index (χ0) is 18.1. The van der Waals surface area contributed by atoms with Crippen LogP contribution in [0.3, 0.4) is 0 Å². The number of rotatable bonds is 4. The molecule has 1 aliphatic heterocycles. The standard InChI is InChI=1S/C17H22BClFNO3/c1-11(22)21-10-13(8-12-9-14(19)6-7-15(12)20)18-23-16(2,3)17(4,5)24-18/h6-9H,10H2,1-5H3,(H,21,22). The lowest BCUT2D eigenvalue weighted by molar-refractivity contribution is -0.118. The largest absolute Gasteiger partial charge is 0.492 e. The lowest BCUT2D eigenvalue weighted by atomic mass is 9.77. The molecule has 0 aromatic heterocycles. The molecule has 0 aliphatic carbocycles. The van der Waals surface area contributed by atoms with Gasteiger partial charge in [0.25, 0.3) is 0 Å². The molecule has 130 valence electrons. The summed E-state index contributed by atoms with van der Waals surface area (Å²) in [6, 6.07) is 4.31. The van der Waals surface area contributed by atoms with Gasteiger partial charge in [-0.2, -0.15) is 0 Å². The van der Waals surface area contributed by atoms with E-state index in [9.17, 15) is 9.18 Å². The van der Waals surface area contributed by atoms with Crippen molar-refractivity contribution in [3.63, 3.8) is 0 Å². The van der Waals surface area contributed by atoms with Crippen molar-refractivity contribution in [1.82, 2.24) is 5.32 Å². The molecule has 1 amide bonds. The Morgan fingerprint density at radius 2 is 1.88 bits per heavy atom. The second kappa shape index (κ2) is 6.86. The Hall–Kier alpha value is -1.37. The summed E-state index contributed by atoms with van der Waals surface area (Å²) in [6.45, 7) is 9.35. The summed E-state index contributed by atoms with van der Waals surface area (Å²) in [5.74, 6) is -0.597. The molecule has 0 unspecified atom stereocenters. The molecule has 1 N–H and O–H groups in total. The first-order chi connectivity index (χ1) is 11.0. The smallest absolute Gasteiger partial charge is 0.400 e. The minimum absolute atomic E-state index is 0.191. The summed E-state index contributed by atoms with van der Waals surface area (Å²) in [6.07, 6.45) is 1.61. The SMILES string of the molecule is CC(=O)NCC(=Cc1cc(Cl)ccc1F)B1OC(C)(C)C(C)(C)O1. The van der Waals surface area contributed by atoms with Gasteiger partial charge >= 0.3 is 7.12 Å². The first kappa shape index (κ1) is 19.0. The summed E-state index contributed by atoms with van der Waals surface area (Å²) >= 11 is 5.95. The summed E-state index contributed by atoms with van der Waals surface area (Å²) in [7, 11) is -0.680. The first-order valence-corrected chi connectivity index (χ1v) is 8.15. The number of benzene rings is 1. The van der Waals surface area contributed by atoms with Crippen molar-refractivity contribution in [3.8, 4) is 0 Å². The number of hydrogen-bond acceptors (Lipinski definition) is 3. The van der Waals surface area contributed by atoms with Crippen molar-refractivity contribution in [1.29, 1.82) is 0 Å². The van der Waals surface area contributed by atoms with Crippen LogP contribution in [0.5, 0.6) is 0 Å². The Labute approximate surface area is 147 Å². The molecule has 4 nitrogen and oxygen atoms in total. The first-order valence-electron chi connectivity index (χ1n) is 7.77. The monoisotopic (exact) mass is 353 g/mol. The molecule has 1 saturated heterocycles. The maximum atomic E-state index is 14.0. The third-order valence-corrected chi connectivity index (χ3v) is 4.63. The number of amides is 1. The van der Waals surface area contributed by atoms with Crippen LogP contribution in [-0.2, 0) is 14.1 Å². The molecule has 0 spiro atoms. The molecule has 1 heterocycles. The van der Waals surface area contributed by atoms with Gasteiger partial charge in [-0.15, -0.1) is 0 Å². The van der Waals surface area contributed by atoms with Gasteiger partial charge in [0.15, 0.2) is 0 Å². The lowest BCUT2D eigenvalue weighted by Gasteiger charge is -2.32. The van der Waals surface area contributed by atoms with Crippen LogP contribution in [0.25, 0.3) is 6.08 Å². The van der Waals surface area contributed by atoms with Gasteiger partial charge < -0.3 is 14.6 Å². The summed E-state index contributed by atoms with van der Waals surface area (Å²) in [5, 5.41) is 3.14. The average Bonchev–Trinajstić information content (AvgIpc) is 2.66. The molecule has 1 aromatic carbocycles. The van der Waals surface area contributed by atoms with Crippen molar-refractivity contribution >= 4 is 30.7 Å². The van der Waals surface area contributed by atoms with E-state index in [1.54, 1.807) is 6.08 Å². The Morgan fingerprint density at radius 3 is 2.42 bits per heavy atom. The van der Waals surface area contributed by atoms with Gasteiger partial charge in [0.05, 0.1) is 11.2 Å². The van der Waals surface area contributed by atoms with Crippen molar-refractivity contribution in [2.45, 2.75) is 45.8 Å². The number of nitrogens with one attached hydrogen (secondary N) is 1. The van der Waals surface area contributed by atoms with Gasteiger partial charge in [0, 0.05) is 24.1 Å². The van der Waals surface area contributed by atoms with Gasteiger partial charge in [0.2, 0.25) is 5.91 Å². The topological polar surface area (TPSA) is 47.6 Å².